The number of hydrogen-bond acceptors (Lipinski definition) is 5. The number of imidazole rings is 1. The van der Waals surface area contributed by atoms with Gasteiger partial charge in [0.2, 0.25) is 0 Å². The van der Waals surface area contributed by atoms with E-state index in [2.05, 4.69) is 15.8 Å². The third-order valence-corrected chi connectivity index (χ3v) is 3.64. The number of benzene rings is 1. The van der Waals surface area contributed by atoms with Crippen LogP contribution < -0.4 is 10.8 Å². The highest BCUT2D eigenvalue weighted by Crippen LogP contribution is 2.29. The Morgan fingerprint density at radius 2 is 2.15 bits per heavy atom. The Balaban J connectivity index is 2.06. The number of aliphatic hydroxyl groups is 1. The van der Waals surface area contributed by atoms with Crippen molar-refractivity contribution in [2.75, 3.05) is 18.5 Å². The molecule has 0 saturated carbocycles. The summed E-state index contributed by atoms with van der Waals surface area (Å²) >= 11 is 0. The summed E-state index contributed by atoms with van der Waals surface area (Å²) in [4.78, 5) is 21.0. The van der Waals surface area contributed by atoms with E-state index in [4.69, 9.17) is 9.94 Å². The van der Waals surface area contributed by atoms with Crippen LogP contribution in [0.3, 0.4) is 0 Å². The predicted molar refractivity (Wildman–Crippen MR) is 90.1 cm³/mol. The second-order valence-corrected chi connectivity index (χ2v) is 5.52. The minimum Gasteiger partial charge on any atom is -0.394 e. The lowest BCUT2D eigenvalue weighted by atomic mass is 10.1. The van der Waals surface area contributed by atoms with E-state index < -0.39 is 17.7 Å². The van der Waals surface area contributed by atoms with Crippen molar-refractivity contribution in [3.8, 4) is 0 Å². The van der Waals surface area contributed by atoms with E-state index >= 15 is 0 Å². The highest BCUT2D eigenvalue weighted by atomic mass is 19.1. The summed E-state index contributed by atoms with van der Waals surface area (Å²) in [6.07, 6.45) is 2.59. The second kappa shape index (κ2) is 7.46. The average Bonchev–Trinajstić information content (AvgIpc) is 3.09. The zero-order chi connectivity index (χ0) is 18.7. The first-order valence-corrected chi connectivity index (χ1v) is 7.72. The molecule has 3 aromatic rings. The molecule has 0 aliphatic heterocycles. The van der Waals surface area contributed by atoms with Gasteiger partial charge in [0.1, 0.15) is 12.1 Å². The highest BCUT2D eigenvalue weighted by Gasteiger charge is 2.20. The zero-order valence-electron chi connectivity index (χ0n) is 13.8. The van der Waals surface area contributed by atoms with Crippen molar-refractivity contribution in [2.24, 2.45) is 0 Å². The third-order valence-electron chi connectivity index (χ3n) is 3.64. The number of rotatable bonds is 6. The average molecular weight is 362 g/mol. The van der Waals surface area contributed by atoms with E-state index in [0.717, 1.165) is 16.0 Å². The van der Waals surface area contributed by atoms with E-state index in [0.29, 0.717) is 0 Å². The molecular weight excluding hydrogens is 346 g/mol. The summed E-state index contributed by atoms with van der Waals surface area (Å²) in [7, 11) is 0. The van der Waals surface area contributed by atoms with E-state index in [1.54, 1.807) is 13.0 Å². The number of carbonyl (C=O) groups excluding carboxylic acids is 1. The first-order valence-electron chi connectivity index (χ1n) is 7.72. The fourth-order valence-corrected chi connectivity index (χ4v) is 2.43. The third kappa shape index (κ3) is 3.48. The van der Waals surface area contributed by atoms with Gasteiger partial charge in [-0.1, -0.05) is 6.07 Å². The van der Waals surface area contributed by atoms with Gasteiger partial charge in [-0.3, -0.25) is 14.0 Å². The Bertz CT molecular complexity index is 959. The van der Waals surface area contributed by atoms with Crippen molar-refractivity contribution in [1.82, 2.24) is 14.9 Å². The molecule has 2 heterocycles. The summed E-state index contributed by atoms with van der Waals surface area (Å²) in [5.74, 6) is -1.99. The van der Waals surface area contributed by atoms with Crippen molar-refractivity contribution >= 4 is 22.8 Å². The van der Waals surface area contributed by atoms with Crippen molar-refractivity contribution < 1.29 is 23.5 Å². The van der Waals surface area contributed by atoms with Crippen LogP contribution >= 0.6 is 0 Å². The molecule has 9 heteroatoms. The predicted octanol–water partition coefficient (Wildman–Crippen LogP) is 2.32. The maximum Gasteiger partial charge on any atom is 0.277 e. The van der Waals surface area contributed by atoms with Gasteiger partial charge in [0.05, 0.1) is 41.9 Å². The number of amides is 1. The molecule has 0 aliphatic carbocycles. The number of aliphatic hydroxyl groups excluding tert-OH is 1. The molecule has 3 rings (SSSR count). The van der Waals surface area contributed by atoms with Gasteiger partial charge < -0.3 is 10.4 Å². The van der Waals surface area contributed by atoms with Gasteiger partial charge in [-0.25, -0.2) is 14.9 Å². The molecule has 0 fully saturated rings. The molecule has 26 heavy (non-hydrogen) atoms. The largest absolute Gasteiger partial charge is 0.394 e. The van der Waals surface area contributed by atoms with Gasteiger partial charge in [-0.2, -0.15) is 4.39 Å². The van der Waals surface area contributed by atoms with Crippen LogP contribution in [0.1, 0.15) is 15.9 Å². The number of pyridine rings is 1. The van der Waals surface area contributed by atoms with E-state index in [1.807, 2.05) is 0 Å². The van der Waals surface area contributed by atoms with Gasteiger partial charge in [-0.05, 0) is 24.6 Å². The van der Waals surface area contributed by atoms with E-state index in [1.165, 1.54) is 24.7 Å². The lowest BCUT2D eigenvalue weighted by Gasteiger charge is -2.15. The number of fused-ring (bicyclic) bond motifs is 1. The number of aromatic nitrogens is 2. The van der Waals surface area contributed by atoms with Crippen molar-refractivity contribution in [3.63, 3.8) is 0 Å². The second-order valence-electron chi connectivity index (χ2n) is 5.52. The lowest BCUT2D eigenvalue weighted by Crippen LogP contribution is -2.26. The number of hydroxylamine groups is 1. The number of aryl methyl sites for hydroxylation is 1. The molecule has 3 N–H and O–H groups in total. The number of anilines is 2. The number of hydrogen-bond donors (Lipinski definition) is 3. The molecular formula is C17H16F2N4O3. The Morgan fingerprint density at radius 3 is 2.88 bits per heavy atom. The van der Waals surface area contributed by atoms with Crippen LogP contribution in [0.25, 0.3) is 5.52 Å². The molecule has 136 valence electrons. The molecule has 0 atom stereocenters. The van der Waals surface area contributed by atoms with Crippen LogP contribution in [0.5, 0.6) is 0 Å². The van der Waals surface area contributed by atoms with Crippen LogP contribution in [0.4, 0.5) is 20.2 Å². The molecule has 1 aromatic carbocycles. The normalized spacial score (nSPS) is 10.9. The lowest BCUT2D eigenvalue weighted by molar-refractivity contribution is 0.0168. The van der Waals surface area contributed by atoms with Crippen molar-refractivity contribution in [2.45, 2.75) is 6.92 Å². The van der Waals surface area contributed by atoms with Crippen LogP contribution in [0, 0.1) is 18.7 Å². The number of nitrogens with one attached hydrogen (secondary N) is 2. The van der Waals surface area contributed by atoms with Gasteiger partial charge in [-0.15, -0.1) is 0 Å². The molecule has 0 aliphatic rings. The summed E-state index contributed by atoms with van der Waals surface area (Å²) < 4.78 is 29.6. The maximum absolute atomic E-state index is 14.2. The maximum atomic E-state index is 14.2. The molecule has 0 saturated heterocycles. The fourth-order valence-electron chi connectivity index (χ4n) is 2.43. The minimum atomic E-state index is -0.754. The molecule has 0 unspecified atom stereocenters. The minimum absolute atomic E-state index is 0.103. The van der Waals surface area contributed by atoms with Crippen LogP contribution in [0.15, 0.2) is 36.8 Å². The number of nitrogens with zero attached hydrogens (tertiary/aromatic N) is 2. The summed E-state index contributed by atoms with van der Waals surface area (Å²) in [6, 6.07) is 5.54. The van der Waals surface area contributed by atoms with E-state index in [-0.39, 0.29) is 35.7 Å². The number of halogens is 2. The summed E-state index contributed by atoms with van der Waals surface area (Å²) in [5, 5.41) is 11.5. The first-order chi connectivity index (χ1) is 12.5. The van der Waals surface area contributed by atoms with Crippen LogP contribution in [-0.4, -0.2) is 33.6 Å². The topological polar surface area (TPSA) is 87.9 Å². The van der Waals surface area contributed by atoms with Gasteiger partial charge >= 0.3 is 0 Å². The Labute approximate surface area is 147 Å². The van der Waals surface area contributed by atoms with Gasteiger partial charge in [0, 0.05) is 6.07 Å². The van der Waals surface area contributed by atoms with Crippen molar-refractivity contribution in [1.29, 1.82) is 0 Å². The Kier molecular flexibility index (Phi) is 5.10. The van der Waals surface area contributed by atoms with Gasteiger partial charge in [0.15, 0.2) is 5.95 Å². The van der Waals surface area contributed by atoms with Gasteiger partial charge in [0.25, 0.3) is 5.91 Å². The zero-order valence-corrected chi connectivity index (χ0v) is 13.8. The summed E-state index contributed by atoms with van der Waals surface area (Å²) in [6.45, 7) is 1.33. The first kappa shape index (κ1) is 17.8. The standard InChI is InChI=1S/C17H16F2N4O3/c1-10-2-3-13(12(18)6-10)21-16-11(17(25)22-26-5-4-24)7-15(19)23-9-20-8-14(16)23/h2-3,6-9,21,24H,4-5H2,1H3,(H,22,25). The molecule has 0 radical (unpaired) electrons. The Hall–Kier alpha value is -3.04. The highest BCUT2D eigenvalue weighted by molar-refractivity contribution is 6.03. The monoisotopic (exact) mass is 362 g/mol. The summed E-state index contributed by atoms with van der Waals surface area (Å²) in [5.41, 5.74) is 3.27. The molecule has 0 bridgehead atoms. The molecule has 7 nitrogen and oxygen atoms in total. The number of carbonyl (C=O) groups is 1. The van der Waals surface area contributed by atoms with Crippen LogP contribution in [-0.2, 0) is 4.84 Å². The Morgan fingerprint density at radius 1 is 1.35 bits per heavy atom. The smallest absolute Gasteiger partial charge is 0.277 e. The van der Waals surface area contributed by atoms with Crippen LogP contribution in [0.2, 0.25) is 0 Å². The van der Waals surface area contributed by atoms with E-state index in [9.17, 15) is 13.6 Å². The molecule has 2 aromatic heterocycles. The SMILES string of the molecule is Cc1ccc(Nc2c(C(=O)NOCCO)cc(F)n3cncc23)c(F)c1. The molecule has 0 spiro atoms. The molecule has 1 amide bonds. The quantitative estimate of drug-likeness (QED) is 0.356. The fraction of sp³-hybridized carbons (Fsp3) is 0.176. The van der Waals surface area contributed by atoms with Crippen molar-refractivity contribution in [3.05, 3.63) is 59.7 Å².